The van der Waals surface area contributed by atoms with Crippen molar-refractivity contribution in [3.05, 3.63) is 36.3 Å². The second-order valence-electron chi connectivity index (χ2n) is 9.38. The van der Waals surface area contributed by atoms with Crippen molar-refractivity contribution in [2.24, 2.45) is 0 Å². The van der Waals surface area contributed by atoms with Crippen LogP contribution in [0.25, 0.3) is 21.9 Å². The van der Waals surface area contributed by atoms with E-state index in [1.54, 1.807) is 6.20 Å². The summed E-state index contributed by atoms with van der Waals surface area (Å²) >= 11 is 0. The van der Waals surface area contributed by atoms with Crippen LogP contribution in [-0.2, 0) is 20.0 Å². The fraction of sp³-hybridized carbons (Fsp3) is 0.545. The van der Waals surface area contributed by atoms with Crippen molar-refractivity contribution < 1.29 is 16.8 Å². The topological polar surface area (TPSA) is 128 Å². The van der Waals surface area contributed by atoms with Crippen molar-refractivity contribution in [1.82, 2.24) is 28.9 Å². The molecule has 34 heavy (non-hydrogen) atoms. The van der Waals surface area contributed by atoms with Crippen LogP contribution < -0.4 is 4.72 Å². The summed E-state index contributed by atoms with van der Waals surface area (Å²) in [5.74, 6) is 0.296. The Balaban J connectivity index is 1.26. The lowest BCUT2D eigenvalue weighted by molar-refractivity contribution is 0.231. The minimum Gasteiger partial charge on any atom is -0.360 e. The van der Waals surface area contributed by atoms with E-state index in [0.29, 0.717) is 38.4 Å². The molecular formula is C22H30N6O4S2. The van der Waals surface area contributed by atoms with Gasteiger partial charge in [-0.25, -0.2) is 31.5 Å². The quantitative estimate of drug-likeness (QED) is 0.520. The van der Waals surface area contributed by atoms with Crippen LogP contribution in [0, 0.1) is 0 Å². The van der Waals surface area contributed by atoms with Crippen LogP contribution in [0.3, 0.4) is 0 Å². The standard InChI is InChI=1S/C22H30N6O4S2/c1-33(29,30)26-17-3-2-10-28(14-17)34(31,32)15-27-11-6-16(7-12-27)18-4-8-23-20-13-25-22-19(21(18)20)5-9-24-22/h4-5,8-9,13,16-17,23,26H,2-3,6-7,10-12,14-15H2,1H3. The van der Waals surface area contributed by atoms with Gasteiger partial charge in [0.15, 0.2) is 5.65 Å². The minimum absolute atomic E-state index is 0.0322. The Labute approximate surface area is 199 Å². The van der Waals surface area contributed by atoms with Crippen LogP contribution >= 0.6 is 0 Å². The molecule has 0 radical (unpaired) electrons. The third-order valence-electron chi connectivity index (χ3n) is 6.86. The lowest BCUT2D eigenvalue weighted by atomic mass is 9.87. The molecule has 2 aliphatic rings. The molecular weight excluding hydrogens is 476 g/mol. The zero-order chi connectivity index (χ0) is 23.9. The molecule has 0 bridgehead atoms. The number of aromatic amines is 1. The minimum atomic E-state index is -3.51. The van der Waals surface area contributed by atoms with E-state index in [9.17, 15) is 16.8 Å². The SMILES string of the molecule is CS(=O)(=O)NC1CCCN(S(=O)(=O)CN2CCC(c3cc[nH]c4cnc5nccc5c34)CC2)C1. The summed E-state index contributed by atoms with van der Waals surface area (Å²) in [5.41, 5.74) is 2.97. The van der Waals surface area contributed by atoms with Crippen molar-refractivity contribution in [2.75, 3.05) is 38.3 Å². The zero-order valence-corrected chi connectivity index (χ0v) is 20.8. The summed E-state index contributed by atoms with van der Waals surface area (Å²) in [6.07, 6.45) is 9.67. The number of H-pyrrole nitrogens is 1. The Morgan fingerprint density at radius 2 is 1.88 bits per heavy atom. The lowest BCUT2D eigenvalue weighted by Gasteiger charge is -2.36. The maximum atomic E-state index is 13.1. The largest absolute Gasteiger partial charge is 0.360 e. The number of nitrogens with one attached hydrogen (secondary N) is 2. The van der Waals surface area contributed by atoms with Crippen molar-refractivity contribution >= 4 is 42.0 Å². The summed E-state index contributed by atoms with van der Waals surface area (Å²) < 4.78 is 53.3. The number of pyridine rings is 2. The normalized spacial score (nSPS) is 22.0. The van der Waals surface area contributed by atoms with E-state index in [1.807, 2.05) is 23.4 Å². The predicted octanol–water partition coefficient (Wildman–Crippen LogP) is 1.59. The molecule has 2 aliphatic heterocycles. The highest BCUT2D eigenvalue weighted by atomic mass is 32.2. The first kappa shape index (κ1) is 23.6. The number of rotatable bonds is 6. The molecule has 1 atom stereocenters. The monoisotopic (exact) mass is 506 g/mol. The van der Waals surface area contributed by atoms with E-state index in [1.165, 1.54) is 9.87 Å². The van der Waals surface area contributed by atoms with Gasteiger partial charge in [0.25, 0.3) is 0 Å². The molecule has 2 N–H and O–H groups in total. The molecule has 1 unspecified atom stereocenters. The van der Waals surface area contributed by atoms with Gasteiger partial charge in [-0.05, 0) is 62.4 Å². The molecule has 3 aromatic heterocycles. The van der Waals surface area contributed by atoms with E-state index < -0.39 is 20.0 Å². The second-order valence-corrected chi connectivity index (χ2v) is 13.1. The third-order valence-corrected chi connectivity index (χ3v) is 9.43. The molecule has 10 nitrogen and oxygen atoms in total. The maximum absolute atomic E-state index is 13.1. The van der Waals surface area contributed by atoms with Gasteiger partial charge in [-0.2, -0.15) is 4.31 Å². The van der Waals surface area contributed by atoms with Gasteiger partial charge in [0.1, 0.15) is 5.88 Å². The van der Waals surface area contributed by atoms with Crippen LogP contribution in [-0.4, -0.2) is 85.3 Å². The van der Waals surface area contributed by atoms with Crippen molar-refractivity contribution in [3.63, 3.8) is 0 Å². The summed E-state index contributed by atoms with van der Waals surface area (Å²) in [7, 11) is -6.88. The molecule has 5 heterocycles. The molecule has 0 spiro atoms. The highest BCUT2D eigenvalue weighted by Crippen LogP contribution is 2.35. The average molecular weight is 507 g/mol. The zero-order valence-electron chi connectivity index (χ0n) is 19.1. The van der Waals surface area contributed by atoms with E-state index >= 15 is 0 Å². The highest BCUT2D eigenvalue weighted by molar-refractivity contribution is 7.89. The van der Waals surface area contributed by atoms with Gasteiger partial charge in [0.05, 0.1) is 18.0 Å². The second kappa shape index (κ2) is 9.15. The first-order valence-electron chi connectivity index (χ1n) is 11.6. The molecule has 0 saturated carbocycles. The molecule has 3 aromatic rings. The highest BCUT2D eigenvalue weighted by Gasteiger charge is 2.33. The van der Waals surface area contributed by atoms with Gasteiger partial charge >= 0.3 is 0 Å². The van der Waals surface area contributed by atoms with Gasteiger partial charge in [0, 0.05) is 42.3 Å². The van der Waals surface area contributed by atoms with Crippen LogP contribution in [0.5, 0.6) is 0 Å². The summed E-state index contributed by atoms with van der Waals surface area (Å²) in [4.78, 5) is 14.0. The number of sulfonamides is 2. The lowest BCUT2D eigenvalue weighted by Crippen LogP contribution is -2.51. The van der Waals surface area contributed by atoms with Crippen LogP contribution in [0.2, 0.25) is 0 Å². The molecule has 184 valence electrons. The molecule has 2 fully saturated rings. The van der Waals surface area contributed by atoms with Gasteiger partial charge in [-0.1, -0.05) is 0 Å². The molecule has 2 saturated heterocycles. The third kappa shape index (κ3) is 4.96. The van der Waals surface area contributed by atoms with E-state index in [-0.39, 0.29) is 18.5 Å². The molecule has 0 aliphatic carbocycles. The van der Waals surface area contributed by atoms with Crippen molar-refractivity contribution in [2.45, 2.75) is 37.6 Å². The summed E-state index contributed by atoms with van der Waals surface area (Å²) in [5, 5.41) is 2.19. The van der Waals surface area contributed by atoms with E-state index in [2.05, 4.69) is 25.7 Å². The number of nitrogens with zero attached hydrogens (tertiary/aromatic N) is 4. The van der Waals surface area contributed by atoms with Crippen LogP contribution in [0.15, 0.2) is 30.7 Å². The van der Waals surface area contributed by atoms with E-state index in [4.69, 9.17) is 0 Å². The molecule has 0 amide bonds. The van der Waals surface area contributed by atoms with Gasteiger partial charge in [0.2, 0.25) is 20.0 Å². The fourth-order valence-corrected chi connectivity index (χ4v) is 7.80. The Morgan fingerprint density at radius 3 is 2.65 bits per heavy atom. The Kier molecular flexibility index (Phi) is 6.36. The first-order chi connectivity index (χ1) is 16.2. The van der Waals surface area contributed by atoms with Gasteiger partial charge in [-0.15, -0.1) is 0 Å². The van der Waals surface area contributed by atoms with E-state index in [0.717, 1.165) is 41.0 Å². The summed E-state index contributed by atoms with van der Waals surface area (Å²) in [6.45, 7) is 2.01. The van der Waals surface area contributed by atoms with Crippen LogP contribution in [0.1, 0.15) is 37.2 Å². The maximum Gasteiger partial charge on any atom is 0.227 e. The van der Waals surface area contributed by atoms with Gasteiger partial charge < -0.3 is 4.98 Å². The number of fused-ring (bicyclic) bond motifs is 3. The molecule has 0 aromatic carbocycles. The number of aromatic nitrogens is 3. The fourth-order valence-electron chi connectivity index (χ4n) is 5.30. The number of hydrogen-bond acceptors (Lipinski definition) is 7. The Bertz CT molecular complexity index is 1400. The van der Waals surface area contributed by atoms with Crippen molar-refractivity contribution in [3.8, 4) is 0 Å². The Morgan fingerprint density at radius 1 is 1.09 bits per heavy atom. The molecule has 12 heteroatoms. The number of hydrogen-bond donors (Lipinski definition) is 2. The summed E-state index contributed by atoms with van der Waals surface area (Å²) in [6, 6.07) is 3.74. The molecule has 5 rings (SSSR count). The van der Waals surface area contributed by atoms with Gasteiger partial charge in [-0.3, -0.25) is 4.90 Å². The number of likely N-dealkylation sites (tertiary alicyclic amines) is 1. The predicted molar refractivity (Wildman–Crippen MR) is 131 cm³/mol. The first-order valence-corrected chi connectivity index (χ1v) is 15.1. The number of piperidine rings is 2. The average Bonchev–Trinajstić information content (AvgIpc) is 3.27. The van der Waals surface area contributed by atoms with Crippen LogP contribution in [0.4, 0.5) is 0 Å². The Hall–Kier alpha value is -2.12. The van der Waals surface area contributed by atoms with Crippen molar-refractivity contribution in [1.29, 1.82) is 0 Å². The smallest absolute Gasteiger partial charge is 0.227 e.